The van der Waals surface area contributed by atoms with E-state index < -0.39 is 0 Å². The molecule has 2 rings (SSSR count). The number of carbonyl (C=O) groups is 2. The highest BCUT2D eigenvalue weighted by Gasteiger charge is 2.17. The van der Waals surface area contributed by atoms with Crippen molar-refractivity contribution in [1.82, 2.24) is 10.2 Å². The van der Waals surface area contributed by atoms with Crippen molar-refractivity contribution in [3.05, 3.63) is 65.7 Å². The van der Waals surface area contributed by atoms with E-state index in [1.165, 1.54) is 4.90 Å². The molecule has 0 unspecified atom stereocenters. The minimum absolute atomic E-state index is 0.0538. The number of nitrogens with zero attached hydrogens (tertiary/aromatic N) is 1. The van der Waals surface area contributed by atoms with Crippen molar-refractivity contribution >= 4 is 11.8 Å². The van der Waals surface area contributed by atoms with Gasteiger partial charge in [0, 0.05) is 18.7 Å². The van der Waals surface area contributed by atoms with Crippen LogP contribution in [0.5, 0.6) is 5.75 Å². The number of ether oxygens (including phenoxy) is 1. The van der Waals surface area contributed by atoms with E-state index in [9.17, 15) is 9.59 Å². The summed E-state index contributed by atoms with van der Waals surface area (Å²) in [5.74, 6) is 0.289. The minimum Gasteiger partial charge on any atom is -0.489 e. The summed E-state index contributed by atoms with van der Waals surface area (Å²) in [6.45, 7) is 5.21. The Labute approximate surface area is 148 Å². The van der Waals surface area contributed by atoms with Crippen molar-refractivity contribution in [2.75, 3.05) is 19.6 Å². The van der Waals surface area contributed by atoms with Crippen molar-refractivity contribution < 1.29 is 14.3 Å². The number of hydrogen-bond donors (Lipinski definition) is 1. The lowest BCUT2D eigenvalue weighted by Crippen LogP contribution is -2.40. The highest BCUT2D eigenvalue weighted by Crippen LogP contribution is 2.16. The van der Waals surface area contributed by atoms with Gasteiger partial charge < -0.3 is 15.0 Å². The second-order valence-electron chi connectivity index (χ2n) is 5.57. The zero-order valence-electron chi connectivity index (χ0n) is 14.7. The van der Waals surface area contributed by atoms with Gasteiger partial charge in [0.25, 0.3) is 5.91 Å². The van der Waals surface area contributed by atoms with Gasteiger partial charge in [0.05, 0.1) is 6.54 Å². The lowest BCUT2D eigenvalue weighted by molar-refractivity contribution is -0.121. The van der Waals surface area contributed by atoms with Gasteiger partial charge in [-0.3, -0.25) is 9.59 Å². The molecule has 5 nitrogen and oxygen atoms in total. The van der Waals surface area contributed by atoms with Crippen molar-refractivity contribution in [1.29, 1.82) is 0 Å². The second-order valence-corrected chi connectivity index (χ2v) is 5.57. The molecule has 0 aromatic heterocycles. The summed E-state index contributed by atoms with van der Waals surface area (Å²) in [6.07, 6.45) is 0. The fourth-order valence-corrected chi connectivity index (χ4v) is 2.40. The Morgan fingerprint density at radius 2 is 1.80 bits per heavy atom. The van der Waals surface area contributed by atoms with E-state index in [1.807, 2.05) is 50.2 Å². The number of nitrogens with one attached hydrogen (secondary N) is 1. The molecule has 0 atom stereocenters. The molecule has 2 aromatic rings. The largest absolute Gasteiger partial charge is 0.489 e. The van der Waals surface area contributed by atoms with Crippen molar-refractivity contribution in [2.45, 2.75) is 20.5 Å². The van der Waals surface area contributed by atoms with Crippen LogP contribution in [0.15, 0.2) is 54.6 Å². The molecule has 0 fully saturated rings. The first kappa shape index (κ1) is 18.5. The molecule has 25 heavy (non-hydrogen) atoms. The van der Waals surface area contributed by atoms with Crippen LogP contribution in [-0.2, 0) is 11.4 Å². The molecule has 0 spiro atoms. The summed E-state index contributed by atoms with van der Waals surface area (Å²) in [6, 6.07) is 16.9. The second kappa shape index (κ2) is 9.47. The van der Waals surface area contributed by atoms with Crippen LogP contribution in [0.2, 0.25) is 0 Å². The summed E-state index contributed by atoms with van der Waals surface area (Å²) < 4.78 is 5.77. The van der Waals surface area contributed by atoms with Crippen molar-refractivity contribution in [3.63, 3.8) is 0 Å². The monoisotopic (exact) mass is 340 g/mol. The van der Waals surface area contributed by atoms with Gasteiger partial charge in [0.1, 0.15) is 12.4 Å². The Morgan fingerprint density at radius 3 is 2.48 bits per heavy atom. The average Bonchev–Trinajstić information content (AvgIpc) is 2.65. The summed E-state index contributed by atoms with van der Waals surface area (Å²) in [5, 5.41) is 2.71. The number of rotatable bonds is 8. The first-order valence-electron chi connectivity index (χ1n) is 8.46. The molecule has 0 saturated heterocycles. The normalized spacial score (nSPS) is 10.2. The number of benzene rings is 2. The van der Waals surface area contributed by atoms with Crippen LogP contribution in [0.25, 0.3) is 0 Å². The predicted octanol–water partition coefficient (Wildman–Crippen LogP) is 2.86. The van der Waals surface area contributed by atoms with E-state index in [-0.39, 0.29) is 18.4 Å². The third kappa shape index (κ3) is 5.64. The molecule has 5 heteroatoms. The number of hydrogen-bond acceptors (Lipinski definition) is 3. The van der Waals surface area contributed by atoms with E-state index >= 15 is 0 Å². The summed E-state index contributed by atoms with van der Waals surface area (Å²) >= 11 is 0. The van der Waals surface area contributed by atoms with Crippen LogP contribution >= 0.6 is 0 Å². The van der Waals surface area contributed by atoms with Gasteiger partial charge in [-0.05, 0) is 37.6 Å². The Balaban J connectivity index is 2.03. The van der Waals surface area contributed by atoms with Gasteiger partial charge in [-0.15, -0.1) is 0 Å². The molecule has 0 aliphatic rings. The van der Waals surface area contributed by atoms with E-state index in [1.54, 1.807) is 18.2 Å². The van der Waals surface area contributed by atoms with Crippen LogP contribution in [0.4, 0.5) is 0 Å². The lowest BCUT2D eigenvalue weighted by atomic mass is 10.2. The highest BCUT2D eigenvalue weighted by atomic mass is 16.5. The SMILES string of the molecule is CCNC(=O)CN(CC)C(=O)c1cccc(OCc2ccccc2)c1. The number of likely N-dealkylation sites (N-methyl/N-ethyl adjacent to an activating group) is 2. The molecule has 132 valence electrons. The predicted molar refractivity (Wildman–Crippen MR) is 97.5 cm³/mol. The molecule has 0 saturated carbocycles. The van der Waals surface area contributed by atoms with Crippen LogP contribution in [0.1, 0.15) is 29.8 Å². The maximum absolute atomic E-state index is 12.6. The Bertz CT molecular complexity index is 701. The molecule has 0 bridgehead atoms. The zero-order chi connectivity index (χ0) is 18.1. The summed E-state index contributed by atoms with van der Waals surface area (Å²) in [7, 11) is 0. The molecular formula is C20H24N2O3. The molecule has 0 heterocycles. The average molecular weight is 340 g/mol. The van der Waals surface area contributed by atoms with Gasteiger partial charge in [0.2, 0.25) is 5.91 Å². The quantitative estimate of drug-likeness (QED) is 0.804. The van der Waals surface area contributed by atoms with Crippen LogP contribution < -0.4 is 10.1 Å². The van der Waals surface area contributed by atoms with Crippen LogP contribution in [0.3, 0.4) is 0 Å². The van der Waals surface area contributed by atoms with Crippen LogP contribution in [0, 0.1) is 0 Å². The highest BCUT2D eigenvalue weighted by molar-refractivity contribution is 5.96. The fourth-order valence-electron chi connectivity index (χ4n) is 2.40. The first-order valence-corrected chi connectivity index (χ1v) is 8.46. The molecular weight excluding hydrogens is 316 g/mol. The first-order chi connectivity index (χ1) is 12.1. The lowest BCUT2D eigenvalue weighted by Gasteiger charge is -2.20. The maximum atomic E-state index is 12.6. The summed E-state index contributed by atoms with van der Waals surface area (Å²) in [4.78, 5) is 25.9. The third-order valence-corrected chi connectivity index (χ3v) is 3.71. The van der Waals surface area contributed by atoms with Crippen molar-refractivity contribution in [2.24, 2.45) is 0 Å². The van der Waals surface area contributed by atoms with Gasteiger partial charge in [0.15, 0.2) is 0 Å². The molecule has 2 aromatic carbocycles. The van der Waals surface area contributed by atoms with Gasteiger partial charge in [-0.25, -0.2) is 0 Å². The zero-order valence-corrected chi connectivity index (χ0v) is 14.7. The Hall–Kier alpha value is -2.82. The molecule has 0 aliphatic heterocycles. The van der Waals surface area contributed by atoms with E-state index in [4.69, 9.17) is 4.74 Å². The topological polar surface area (TPSA) is 58.6 Å². The van der Waals surface area contributed by atoms with Gasteiger partial charge in [-0.1, -0.05) is 36.4 Å². The summed E-state index contributed by atoms with van der Waals surface area (Å²) in [5.41, 5.74) is 1.57. The molecule has 2 amide bonds. The third-order valence-electron chi connectivity index (χ3n) is 3.71. The van der Waals surface area contributed by atoms with E-state index in [0.717, 1.165) is 5.56 Å². The number of amides is 2. The fraction of sp³-hybridized carbons (Fsp3) is 0.300. The maximum Gasteiger partial charge on any atom is 0.254 e. The molecule has 1 N–H and O–H groups in total. The van der Waals surface area contributed by atoms with E-state index in [0.29, 0.717) is 31.0 Å². The van der Waals surface area contributed by atoms with Gasteiger partial charge >= 0.3 is 0 Å². The molecule has 0 radical (unpaired) electrons. The minimum atomic E-state index is -0.182. The smallest absolute Gasteiger partial charge is 0.254 e. The van der Waals surface area contributed by atoms with Crippen molar-refractivity contribution in [3.8, 4) is 5.75 Å². The standard InChI is InChI=1S/C20H24N2O3/c1-3-21-19(23)14-22(4-2)20(24)17-11-8-12-18(13-17)25-15-16-9-6-5-7-10-16/h5-13H,3-4,14-15H2,1-2H3,(H,21,23). The molecule has 0 aliphatic carbocycles. The number of carbonyl (C=O) groups excluding carboxylic acids is 2. The van der Waals surface area contributed by atoms with Crippen LogP contribution in [-0.4, -0.2) is 36.3 Å². The van der Waals surface area contributed by atoms with E-state index in [2.05, 4.69) is 5.32 Å². The Kier molecular flexibility index (Phi) is 7.01. The Morgan fingerprint density at radius 1 is 1.04 bits per heavy atom. The van der Waals surface area contributed by atoms with Gasteiger partial charge in [-0.2, -0.15) is 0 Å².